The summed E-state index contributed by atoms with van der Waals surface area (Å²) in [5.41, 5.74) is 1.96. The number of aliphatic carboxylic acids is 2. The standard InChI is InChI=1S/C16H16N4O7S3/c1-28-3-7-4-30-15-11(14(24)20(15)12(7)16(25)26)18-13(23)10(8-5-29-6-17-8)19-27-2-9(21)22/h5-6,11,15H,2-4H2,1H3,(H,18,23)(H,21,22)(H,25,26)/b19-10-/t11?,15-/m1/s1. The van der Waals surface area contributed by atoms with Crippen LogP contribution in [0.1, 0.15) is 5.69 Å². The van der Waals surface area contributed by atoms with Gasteiger partial charge in [-0.3, -0.25) is 14.5 Å². The molecular weight excluding hydrogens is 456 g/mol. The Morgan fingerprint density at radius 1 is 1.43 bits per heavy atom. The molecule has 3 heterocycles. The number of oxime groups is 1. The Kier molecular flexibility index (Phi) is 6.99. The summed E-state index contributed by atoms with van der Waals surface area (Å²) in [6.45, 7) is -0.749. The smallest absolute Gasteiger partial charge is 0.352 e. The van der Waals surface area contributed by atoms with Crippen LogP contribution in [0.15, 0.2) is 27.3 Å². The molecule has 0 radical (unpaired) electrons. The van der Waals surface area contributed by atoms with E-state index in [0.717, 1.165) is 0 Å². The molecule has 0 bridgehead atoms. The van der Waals surface area contributed by atoms with Crippen molar-refractivity contribution in [2.45, 2.75) is 11.4 Å². The van der Waals surface area contributed by atoms with E-state index >= 15 is 0 Å². The second-order valence-electron chi connectivity index (χ2n) is 6.03. The van der Waals surface area contributed by atoms with Crippen LogP contribution in [0.3, 0.4) is 0 Å². The molecule has 1 aromatic heterocycles. The second kappa shape index (κ2) is 9.49. The van der Waals surface area contributed by atoms with Gasteiger partial charge in [-0.05, 0) is 11.8 Å². The minimum atomic E-state index is -1.27. The lowest BCUT2D eigenvalue weighted by atomic mass is 10.0. The molecule has 11 nitrogen and oxygen atoms in total. The zero-order valence-electron chi connectivity index (χ0n) is 15.4. The first kappa shape index (κ1) is 22.1. The molecule has 0 saturated carbocycles. The number of fused-ring (bicyclic) bond motifs is 1. The largest absolute Gasteiger partial charge is 0.479 e. The van der Waals surface area contributed by atoms with Gasteiger partial charge in [0.1, 0.15) is 22.8 Å². The van der Waals surface area contributed by atoms with Gasteiger partial charge in [0.05, 0.1) is 5.51 Å². The topological polar surface area (TPSA) is 158 Å². The summed E-state index contributed by atoms with van der Waals surface area (Å²) in [7, 11) is 0. The van der Waals surface area contributed by atoms with Gasteiger partial charge in [0.25, 0.3) is 11.8 Å². The summed E-state index contributed by atoms with van der Waals surface area (Å²) in [6, 6.07) is -0.948. The van der Waals surface area contributed by atoms with Crippen molar-refractivity contribution < 1.29 is 34.2 Å². The van der Waals surface area contributed by atoms with Crippen LogP contribution in [0.25, 0.3) is 0 Å². The maximum Gasteiger partial charge on any atom is 0.352 e. The molecular formula is C16H16N4O7S3. The third-order valence-corrected chi connectivity index (χ3v) is 6.65. The Balaban J connectivity index is 1.76. The van der Waals surface area contributed by atoms with E-state index in [2.05, 4.69) is 20.3 Å². The SMILES string of the molecule is CSCC1=C(C(=O)O)N2C(=O)C(NC(=O)/C(=N\OCC(=O)O)c3cscn3)[C@H]2SC1. The maximum absolute atomic E-state index is 12.7. The van der Waals surface area contributed by atoms with E-state index in [1.54, 1.807) is 0 Å². The molecule has 1 aromatic rings. The van der Waals surface area contributed by atoms with E-state index < -0.39 is 41.8 Å². The molecule has 3 N–H and O–H groups in total. The summed E-state index contributed by atoms with van der Waals surface area (Å²) in [4.78, 5) is 57.5. The number of rotatable bonds is 9. The predicted octanol–water partition coefficient (Wildman–Crippen LogP) is 0.0500. The average Bonchev–Trinajstić information content (AvgIpc) is 3.23. The summed E-state index contributed by atoms with van der Waals surface area (Å²) in [5.74, 6) is -2.85. The minimum absolute atomic E-state index is 0.0400. The Morgan fingerprint density at radius 2 is 2.20 bits per heavy atom. The molecule has 0 aromatic carbocycles. The fraction of sp³-hybridized carbons (Fsp3) is 0.375. The number of carboxylic acid groups (broad SMARTS) is 2. The molecule has 1 unspecified atom stereocenters. The lowest BCUT2D eigenvalue weighted by Gasteiger charge is -2.49. The van der Waals surface area contributed by atoms with Crippen LogP contribution >= 0.6 is 34.9 Å². The van der Waals surface area contributed by atoms with Gasteiger partial charge in [-0.2, -0.15) is 11.8 Å². The molecule has 1 fully saturated rings. The maximum atomic E-state index is 12.7. The van der Waals surface area contributed by atoms with Crippen molar-refractivity contribution in [2.24, 2.45) is 5.16 Å². The lowest BCUT2D eigenvalue weighted by Crippen LogP contribution is -2.71. The van der Waals surface area contributed by atoms with Gasteiger partial charge in [-0.15, -0.1) is 23.1 Å². The number of hydrogen-bond acceptors (Lipinski definition) is 10. The van der Waals surface area contributed by atoms with Gasteiger partial charge in [0.15, 0.2) is 5.71 Å². The van der Waals surface area contributed by atoms with Crippen LogP contribution in [0.2, 0.25) is 0 Å². The molecule has 2 aliphatic heterocycles. The van der Waals surface area contributed by atoms with Crippen LogP contribution in [0.5, 0.6) is 0 Å². The van der Waals surface area contributed by atoms with E-state index in [9.17, 15) is 24.3 Å². The zero-order valence-corrected chi connectivity index (χ0v) is 17.9. The molecule has 1 saturated heterocycles. The number of nitrogens with one attached hydrogen (secondary N) is 1. The molecule has 2 atom stereocenters. The first-order valence-corrected chi connectivity index (χ1v) is 11.7. The van der Waals surface area contributed by atoms with Crippen molar-refractivity contribution >= 4 is 64.3 Å². The van der Waals surface area contributed by atoms with Crippen LogP contribution in [0, 0.1) is 0 Å². The summed E-state index contributed by atoms with van der Waals surface area (Å²) in [6.07, 6.45) is 1.84. The monoisotopic (exact) mass is 472 g/mol. The lowest BCUT2D eigenvalue weighted by molar-refractivity contribution is -0.150. The number of amides is 2. The molecule has 0 aliphatic carbocycles. The third-order valence-electron chi connectivity index (χ3n) is 4.09. The normalized spacial score (nSPS) is 21.0. The van der Waals surface area contributed by atoms with Gasteiger partial charge < -0.3 is 20.4 Å². The number of hydrogen-bond donors (Lipinski definition) is 3. The van der Waals surface area contributed by atoms with E-state index in [4.69, 9.17) is 5.11 Å². The van der Waals surface area contributed by atoms with Crippen LogP contribution in [0.4, 0.5) is 0 Å². The Hall–Kier alpha value is -2.58. The summed E-state index contributed by atoms with van der Waals surface area (Å²) >= 11 is 4.02. The zero-order chi connectivity index (χ0) is 21.8. The van der Waals surface area contributed by atoms with Crippen LogP contribution in [-0.4, -0.2) is 85.3 Å². The number of carbonyl (C=O) groups is 4. The number of nitrogens with zero attached hydrogens (tertiary/aromatic N) is 3. The highest BCUT2D eigenvalue weighted by Gasteiger charge is 2.54. The fourth-order valence-electron chi connectivity index (χ4n) is 2.86. The molecule has 0 spiro atoms. The molecule has 160 valence electrons. The van der Waals surface area contributed by atoms with E-state index in [1.165, 1.54) is 50.7 Å². The van der Waals surface area contributed by atoms with Crippen molar-refractivity contribution in [3.05, 3.63) is 27.9 Å². The fourth-order valence-corrected chi connectivity index (χ4v) is 5.46. The third kappa shape index (κ3) is 4.44. The Labute approximate surface area is 182 Å². The number of thioether (sulfide) groups is 2. The van der Waals surface area contributed by atoms with E-state index in [-0.39, 0.29) is 17.1 Å². The van der Waals surface area contributed by atoms with Crippen molar-refractivity contribution in [3.63, 3.8) is 0 Å². The highest BCUT2D eigenvalue weighted by molar-refractivity contribution is 8.00. The molecule has 30 heavy (non-hydrogen) atoms. The molecule has 3 rings (SSSR count). The van der Waals surface area contributed by atoms with E-state index in [1.807, 2.05) is 6.26 Å². The number of aromatic nitrogens is 1. The quantitative estimate of drug-likeness (QED) is 0.255. The highest BCUT2D eigenvalue weighted by Crippen LogP contribution is 2.40. The van der Waals surface area contributed by atoms with Crippen molar-refractivity contribution in [2.75, 3.05) is 24.4 Å². The first-order valence-electron chi connectivity index (χ1n) is 8.35. The Bertz CT molecular complexity index is 931. The number of β-lactam (4-membered cyclic amide) rings is 1. The average molecular weight is 473 g/mol. The summed E-state index contributed by atoms with van der Waals surface area (Å²) < 4.78 is 0. The van der Waals surface area contributed by atoms with Crippen LogP contribution in [-0.2, 0) is 24.0 Å². The second-order valence-corrected chi connectivity index (χ2v) is 8.72. The minimum Gasteiger partial charge on any atom is -0.479 e. The van der Waals surface area contributed by atoms with Crippen molar-refractivity contribution in [3.8, 4) is 0 Å². The highest BCUT2D eigenvalue weighted by atomic mass is 32.2. The van der Waals surface area contributed by atoms with Crippen molar-refractivity contribution in [1.29, 1.82) is 0 Å². The number of carboxylic acids is 2. The first-order chi connectivity index (χ1) is 14.3. The van der Waals surface area contributed by atoms with Gasteiger partial charge in [0.2, 0.25) is 6.61 Å². The predicted molar refractivity (Wildman–Crippen MR) is 110 cm³/mol. The van der Waals surface area contributed by atoms with Gasteiger partial charge in [0, 0.05) is 16.9 Å². The molecule has 2 amide bonds. The number of carbonyl (C=O) groups excluding carboxylic acids is 2. The molecule has 2 aliphatic rings. The molecule has 14 heteroatoms. The van der Waals surface area contributed by atoms with Gasteiger partial charge in [-0.1, -0.05) is 5.16 Å². The van der Waals surface area contributed by atoms with Crippen molar-refractivity contribution in [1.82, 2.24) is 15.2 Å². The van der Waals surface area contributed by atoms with Gasteiger partial charge in [-0.25, -0.2) is 14.6 Å². The summed E-state index contributed by atoms with van der Waals surface area (Å²) in [5, 5.41) is 25.3. The van der Waals surface area contributed by atoms with E-state index in [0.29, 0.717) is 17.1 Å². The number of thiazole rings is 1. The Morgan fingerprint density at radius 3 is 2.80 bits per heavy atom. The van der Waals surface area contributed by atoms with Gasteiger partial charge >= 0.3 is 11.9 Å². The van der Waals surface area contributed by atoms with Crippen LogP contribution < -0.4 is 5.32 Å².